The van der Waals surface area contributed by atoms with Crippen molar-refractivity contribution in [3.63, 3.8) is 0 Å². The van der Waals surface area contributed by atoms with Crippen molar-refractivity contribution in [2.75, 3.05) is 18.0 Å². The van der Waals surface area contributed by atoms with E-state index >= 15 is 0 Å². The van der Waals surface area contributed by atoms with Crippen molar-refractivity contribution in [3.05, 3.63) is 48.3 Å². The Morgan fingerprint density at radius 1 is 1.36 bits per heavy atom. The molecule has 1 amide bonds. The molecule has 0 bridgehead atoms. The summed E-state index contributed by atoms with van der Waals surface area (Å²) in [5, 5.41) is 3.87. The van der Waals surface area contributed by atoms with Gasteiger partial charge in [0.15, 0.2) is 5.13 Å². The maximum absolute atomic E-state index is 13.4. The first-order valence-corrected chi connectivity index (χ1v) is 8.88. The molecule has 25 heavy (non-hydrogen) atoms. The maximum Gasteiger partial charge on any atom is 0.271 e. The van der Waals surface area contributed by atoms with Gasteiger partial charge in [-0.05, 0) is 31.0 Å². The minimum atomic E-state index is -0.254. The average molecular weight is 357 g/mol. The molecule has 1 unspecified atom stereocenters. The monoisotopic (exact) mass is 357 g/mol. The lowest BCUT2D eigenvalue weighted by molar-refractivity contribution is 0.0927. The molecular weight excluding hydrogens is 341 g/mol. The van der Waals surface area contributed by atoms with Gasteiger partial charge in [-0.25, -0.2) is 14.4 Å². The van der Waals surface area contributed by atoms with Crippen LogP contribution < -0.4 is 10.2 Å². The molecule has 128 valence electrons. The maximum atomic E-state index is 13.4. The molecule has 1 saturated heterocycles. The summed E-state index contributed by atoms with van der Waals surface area (Å²) in [6.45, 7) is 1.55. The van der Waals surface area contributed by atoms with Crippen LogP contribution >= 0.6 is 11.3 Å². The first kappa shape index (κ1) is 15.9. The van der Waals surface area contributed by atoms with E-state index < -0.39 is 0 Å². The van der Waals surface area contributed by atoms with E-state index in [1.165, 1.54) is 42.1 Å². The van der Waals surface area contributed by atoms with Gasteiger partial charge in [0.2, 0.25) is 0 Å². The Morgan fingerprint density at radius 3 is 3.12 bits per heavy atom. The van der Waals surface area contributed by atoms with Crippen molar-refractivity contribution in [1.29, 1.82) is 0 Å². The lowest BCUT2D eigenvalue weighted by atomic mass is 10.1. The summed E-state index contributed by atoms with van der Waals surface area (Å²) >= 11 is 1.48. The van der Waals surface area contributed by atoms with Gasteiger partial charge in [-0.1, -0.05) is 11.3 Å². The van der Waals surface area contributed by atoms with E-state index in [9.17, 15) is 9.18 Å². The van der Waals surface area contributed by atoms with Crippen LogP contribution in [0, 0.1) is 5.82 Å². The second-order valence-corrected chi connectivity index (χ2v) is 6.97. The number of hydrogen-bond acceptors (Lipinski definition) is 6. The fourth-order valence-corrected chi connectivity index (χ4v) is 3.99. The first-order chi connectivity index (χ1) is 12.2. The van der Waals surface area contributed by atoms with E-state index in [0.717, 1.165) is 34.7 Å². The highest BCUT2D eigenvalue weighted by Gasteiger charge is 2.24. The van der Waals surface area contributed by atoms with E-state index in [0.29, 0.717) is 12.2 Å². The van der Waals surface area contributed by atoms with Crippen molar-refractivity contribution in [2.45, 2.75) is 18.9 Å². The van der Waals surface area contributed by atoms with Gasteiger partial charge in [0.05, 0.1) is 16.4 Å². The van der Waals surface area contributed by atoms with Crippen molar-refractivity contribution in [3.8, 4) is 0 Å². The van der Waals surface area contributed by atoms with Crippen molar-refractivity contribution in [2.24, 2.45) is 0 Å². The lowest BCUT2D eigenvalue weighted by Gasteiger charge is -2.32. The predicted octanol–water partition coefficient (Wildman–Crippen LogP) is 2.62. The van der Waals surface area contributed by atoms with Crippen LogP contribution in [0.1, 0.15) is 23.3 Å². The zero-order valence-electron chi connectivity index (χ0n) is 13.4. The molecule has 0 radical (unpaired) electrons. The number of nitrogens with zero attached hydrogens (tertiary/aromatic N) is 4. The van der Waals surface area contributed by atoms with Gasteiger partial charge in [0.25, 0.3) is 5.91 Å². The number of piperidine rings is 1. The van der Waals surface area contributed by atoms with E-state index in [1.807, 2.05) is 0 Å². The summed E-state index contributed by atoms with van der Waals surface area (Å²) in [6.07, 6.45) is 6.35. The van der Waals surface area contributed by atoms with Gasteiger partial charge in [0.1, 0.15) is 11.5 Å². The number of rotatable bonds is 3. The SMILES string of the molecule is O=C(NC1CCCN(c2nc3ccc(F)cc3s2)C1)c1cnccn1. The van der Waals surface area contributed by atoms with Gasteiger partial charge in [-0.15, -0.1) is 0 Å². The molecule has 0 aliphatic carbocycles. The third-order valence-electron chi connectivity index (χ3n) is 4.16. The van der Waals surface area contributed by atoms with Gasteiger partial charge in [-0.3, -0.25) is 9.78 Å². The smallest absolute Gasteiger partial charge is 0.271 e. The lowest BCUT2D eigenvalue weighted by Crippen LogP contribution is -2.48. The molecule has 1 atom stereocenters. The quantitative estimate of drug-likeness (QED) is 0.780. The molecule has 4 rings (SSSR count). The molecule has 3 heterocycles. The molecule has 1 fully saturated rings. The number of carbonyl (C=O) groups excluding carboxylic acids is 1. The molecule has 1 aliphatic heterocycles. The highest BCUT2D eigenvalue weighted by Crippen LogP contribution is 2.30. The number of thiazole rings is 1. The number of halogens is 1. The van der Waals surface area contributed by atoms with Gasteiger partial charge in [0, 0.05) is 31.5 Å². The molecule has 0 saturated carbocycles. The number of aromatic nitrogens is 3. The fraction of sp³-hybridized carbons (Fsp3) is 0.294. The van der Waals surface area contributed by atoms with E-state index in [-0.39, 0.29) is 17.8 Å². The van der Waals surface area contributed by atoms with Gasteiger partial charge < -0.3 is 10.2 Å². The molecule has 1 aliphatic rings. The Kier molecular flexibility index (Phi) is 4.27. The topological polar surface area (TPSA) is 71.0 Å². The molecule has 6 nitrogen and oxygen atoms in total. The second kappa shape index (κ2) is 6.72. The molecule has 1 aromatic carbocycles. The molecule has 8 heteroatoms. The standard InChI is InChI=1S/C17H16FN5OS/c18-11-3-4-13-15(8-11)25-17(22-13)23-7-1-2-12(10-23)21-16(24)14-9-19-5-6-20-14/h3-6,8-9,12H,1-2,7,10H2,(H,21,24). The highest BCUT2D eigenvalue weighted by molar-refractivity contribution is 7.22. The molecule has 1 N–H and O–H groups in total. The Bertz CT molecular complexity index is 900. The van der Waals surface area contributed by atoms with Crippen LogP contribution in [0.3, 0.4) is 0 Å². The van der Waals surface area contributed by atoms with Crippen molar-refractivity contribution in [1.82, 2.24) is 20.3 Å². The summed E-state index contributed by atoms with van der Waals surface area (Å²) in [7, 11) is 0. The highest BCUT2D eigenvalue weighted by atomic mass is 32.1. The largest absolute Gasteiger partial charge is 0.346 e. The number of nitrogens with one attached hydrogen (secondary N) is 1. The Labute approximate surface area is 147 Å². The van der Waals surface area contributed by atoms with E-state index in [2.05, 4.69) is 25.2 Å². The molecular formula is C17H16FN5OS. The predicted molar refractivity (Wildman–Crippen MR) is 94.3 cm³/mol. The van der Waals surface area contributed by atoms with Crippen LogP contribution in [-0.4, -0.2) is 40.0 Å². The third kappa shape index (κ3) is 3.43. The Hall–Kier alpha value is -2.61. The summed E-state index contributed by atoms with van der Waals surface area (Å²) in [5.74, 6) is -0.471. The Balaban J connectivity index is 1.47. The van der Waals surface area contributed by atoms with Crippen LogP contribution in [0.4, 0.5) is 9.52 Å². The average Bonchev–Trinajstić information content (AvgIpc) is 3.06. The van der Waals surface area contributed by atoms with E-state index in [4.69, 9.17) is 0 Å². The molecule has 2 aromatic heterocycles. The third-order valence-corrected chi connectivity index (χ3v) is 5.24. The summed E-state index contributed by atoms with van der Waals surface area (Å²) < 4.78 is 14.2. The van der Waals surface area contributed by atoms with Gasteiger partial charge in [-0.2, -0.15) is 0 Å². The van der Waals surface area contributed by atoms with Crippen molar-refractivity contribution >= 4 is 32.6 Å². The number of hydrogen-bond donors (Lipinski definition) is 1. The summed E-state index contributed by atoms with van der Waals surface area (Å²) in [6, 6.07) is 4.65. The fourth-order valence-electron chi connectivity index (χ4n) is 2.97. The summed E-state index contributed by atoms with van der Waals surface area (Å²) in [5.41, 5.74) is 1.11. The number of amides is 1. The molecule has 0 spiro atoms. The van der Waals surface area contributed by atoms with Gasteiger partial charge >= 0.3 is 0 Å². The zero-order valence-corrected chi connectivity index (χ0v) is 14.2. The van der Waals surface area contributed by atoms with E-state index in [1.54, 1.807) is 6.07 Å². The number of fused-ring (bicyclic) bond motifs is 1. The number of anilines is 1. The van der Waals surface area contributed by atoms with Crippen LogP contribution in [0.5, 0.6) is 0 Å². The number of benzene rings is 1. The van der Waals surface area contributed by atoms with Crippen LogP contribution in [0.2, 0.25) is 0 Å². The normalized spacial score (nSPS) is 17.6. The van der Waals surface area contributed by atoms with Crippen LogP contribution in [-0.2, 0) is 0 Å². The molecule has 3 aromatic rings. The minimum absolute atomic E-state index is 0.0204. The van der Waals surface area contributed by atoms with Crippen LogP contribution in [0.15, 0.2) is 36.8 Å². The first-order valence-electron chi connectivity index (χ1n) is 8.07. The Morgan fingerprint density at radius 2 is 2.28 bits per heavy atom. The minimum Gasteiger partial charge on any atom is -0.346 e. The van der Waals surface area contributed by atoms with Crippen molar-refractivity contribution < 1.29 is 9.18 Å². The number of carbonyl (C=O) groups is 1. The van der Waals surface area contributed by atoms with Crippen LogP contribution in [0.25, 0.3) is 10.2 Å². The second-order valence-electron chi connectivity index (χ2n) is 5.96. The zero-order chi connectivity index (χ0) is 17.2. The summed E-state index contributed by atoms with van der Waals surface area (Å²) in [4.78, 5) is 26.9.